The maximum atomic E-state index is 9.80. The second-order valence-electron chi connectivity index (χ2n) is 4.37. The molecule has 0 saturated carbocycles. The molecule has 0 aliphatic carbocycles. The van der Waals surface area contributed by atoms with Gasteiger partial charge in [0.2, 0.25) is 0 Å². The molecular weight excluding hydrogens is 232 g/mol. The number of aliphatic hydroxyl groups excluding tert-OH is 1. The van der Waals surface area contributed by atoms with Crippen molar-refractivity contribution < 1.29 is 15.1 Å². The predicted molar refractivity (Wildman–Crippen MR) is 69.5 cm³/mol. The molecule has 5 nitrogen and oxygen atoms in total. The van der Waals surface area contributed by atoms with Gasteiger partial charge in [-0.15, -0.1) is 0 Å². The van der Waals surface area contributed by atoms with Crippen LogP contribution in [-0.2, 0) is 4.74 Å². The summed E-state index contributed by atoms with van der Waals surface area (Å²) in [6.45, 7) is 1.57. The van der Waals surface area contributed by atoms with E-state index in [-0.39, 0.29) is 0 Å². The standard InChI is InChI=1S/C13H18N2O3/c1-18-9-10(16)8-15-7-6-12(14-17)11-4-2-3-5-13(11)15/h2-5,10,16-17H,6-9H2,1H3. The highest BCUT2D eigenvalue weighted by atomic mass is 16.5. The SMILES string of the molecule is COCC(O)CN1CCC(=NO)c2ccccc21. The molecule has 0 fully saturated rings. The molecule has 2 N–H and O–H groups in total. The molecule has 1 aromatic rings. The second kappa shape index (κ2) is 5.84. The van der Waals surface area contributed by atoms with Crippen molar-refractivity contribution in [1.29, 1.82) is 0 Å². The number of benzene rings is 1. The number of ether oxygens (including phenoxy) is 1. The minimum Gasteiger partial charge on any atom is -0.411 e. The van der Waals surface area contributed by atoms with E-state index < -0.39 is 6.10 Å². The summed E-state index contributed by atoms with van der Waals surface area (Å²) in [5.74, 6) is 0. The van der Waals surface area contributed by atoms with Gasteiger partial charge in [0.25, 0.3) is 0 Å². The van der Waals surface area contributed by atoms with Crippen molar-refractivity contribution in [2.75, 3.05) is 31.7 Å². The van der Waals surface area contributed by atoms with Crippen molar-refractivity contribution in [2.24, 2.45) is 5.16 Å². The normalized spacial score (nSPS) is 18.8. The fraction of sp³-hybridized carbons (Fsp3) is 0.462. The highest BCUT2D eigenvalue weighted by Gasteiger charge is 2.23. The highest BCUT2D eigenvalue weighted by Crippen LogP contribution is 2.27. The lowest BCUT2D eigenvalue weighted by Gasteiger charge is -2.32. The van der Waals surface area contributed by atoms with Crippen molar-refractivity contribution in [2.45, 2.75) is 12.5 Å². The molecule has 5 heteroatoms. The summed E-state index contributed by atoms with van der Waals surface area (Å²) in [7, 11) is 1.57. The van der Waals surface area contributed by atoms with E-state index in [4.69, 9.17) is 9.94 Å². The van der Waals surface area contributed by atoms with Gasteiger partial charge in [-0.1, -0.05) is 23.4 Å². The summed E-state index contributed by atoms with van der Waals surface area (Å²) in [6.07, 6.45) is 0.156. The first-order valence-corrected chi connectivity index (χ1v) is 5.98. The summed E-state index contributed by atoms with van der Waals surface area (Å²) in [4.78, 5) is 2.09. The van der Waals surface area contributed by atoms with Gasteiger partial charge in [0, 0.05) is 37.9 Å². The molecule has 1 unspecified atom stereocenters. The Hall–Kier alpha value is -1.59. The summed E-state index contributed by atoms with van der Waals surface area (Å²) in [5, 5.41) is 22.1. The molecule has 0 spiro atoms. The molecular formula is C13H18N2O3. The summed E-state index contributed by atoms with van der Waals surface area (Å²) in [5.41, 5.74) is 2.62. The van der Waals surface area contributed by atoms with Crippen LogP contribution in [0.15, 0.2) is 29.4 Å². The molecule has 18 heavy (non-hydrogen) atoms. The van der Waals surface area contributed by atoms with Crippen LogP contribution in [-0.4, -0.2) is 48.9 Å². The van der Waals surface area contributed by atoms with Crippen molar-refractivity contribution in [3.63, 3.8) is 0 Å². The number of anilines is 1. The number of para-hydroxylation sites is 1. The quantitative estimate of drug-likeness (QED) is 0.620. The van der Waals surface area contributed by atoms with Crippen LogP contribution in [0, 0.1) is 0 Å². The number of β-amino-alcohol motifs (C(OH)–C–C–N with tert-alkyl or cyclic N) is 1. The minimum absolute atomic E-state index is 0.319. The Morgan fingerprint density at radius 3 is 2.94 bits per heavy atom. The van der Waals surface area contributed by atoms with Crippen molar-refractivity contribution in [3.05, 3.63) is 29.8 Å². The first-order valence-electron chi connectivity index (χ1n) is 5.98. The number of methoxy groups -OCH3 is 1. The van der Waals surface area contributed by atoms with Crippen LogP contribution >= 0.6 is 0 Å². The zero-order chi connectivity index (χ0) is 13.0. The molecule has 1 aliphatic rings. The predicted octanol–water partition coefficient (Wildman–Crippen LogP) is 1.08. The van der Waals surface area contributed by atoms with E-state index in [2.05, 4.69) is 10.1 Å². The minimum atomic E-state index is -0.518. The first kappa shape index (κ1) is 12.9. The lowest BCUT2D eigenvalue weighted by molar-refractivity contribution is 0.0688. The Morgan fingerprint density at radius 1 is 1.44 bits per heavy atom. The van der Waals surface area contributed by atoms with Gasteiger partial charge >= 0.3 is 0 Å². The Morgan fingerprint density at radius 2 is 2.22 bits per heavy atom. The van der Waals surface area contributed by atoms with Gasteiger partial charge in [-0.3, -0.25) is 0 Å². The Balaban J connectivity index is 2.20. The van der Waals surface area contributed by atoms with E-state index in [0.717, 1.165) is 17.8 Å². The lowest BCUT2D eigenvalue weighted by Crippen LogP contribution is -2.39. The smallest absolute Gasteiger partial charge is 0.0947 e. The number of aliphatic hydroxyl groups is 1. The van der Waals surface area contributed by atoms with E-state index in [1.165, 1.54) is 0 Å². The zero-order valence-electron chi connectivity index (χ0n) is 10.4. The summed E-state index contributed by atoms with van der Waals surface area (Å²) >= 11 is 0. The molecule has 2 rings (SSSR count). The number of oxime groups is 1. The third-order valence-electron chi connectivity index (χ3n) is 3.09. The number of nitrogens with zero attached hydrogens (tertiary/aromatic N) is 2. The maximum Gasteiger partial charge on any atom is 0.0947 e. The average Bonchev–Trinajstić information content (AvgIpc) is 2.39. The van der Waals surface area contributed by atoms with Gasteiger partial charge in [0.15, 0.2) is 0 Å². The Kier molecular flexibility index (Phi) is 4.17. The molecule has 0 radical (unpaired) electrons. The Labute approximate surface area is 106 Å². The molecule has 1 atom stereocenters. The Bertz CT molecular complexity index is 434. The zero-order valence-corrected chi connectivity index (χ0v) is 10.4. The largest absolute Gasteiger partial charge is 0.411 e. The van der Waals surface area contributed by atoms with Crippen LogP contribution in [0.1, 0.15) is 12.0 Å². The molecule has 0 bridgehead atoms. The second-order valence-corrected chi connectivity index (χ2v) is 4.37. The number of rotatable bonds is 4. The topological polar surface area (TPSA) is 65.3 Å². The molecule has 0 aromatic heterocycles. The van der Waals surface area contributed by atoms with Crippen molar-refractivity contribution >= 4 is 11.4 Å². The van der Waals surface area contributed by atoms with Crippen LogP contribution in [0.5, 0.6) is 0 Å². The van der Waals surface area contributed by atoms with Gasteiger partial charge in [-0.05, 0) is 6.07 Å². The number of hydrogen-bond acceptors (Lipinski definition) is 5. The van der Waals surface area contributed by atoms with Gasteiger partial charge in [0.05, 0.1) is 18.4 Å². The summed E-state index contributed by atoms with van der Waals surface area (Å²) < 4.78 is 4.94. The number of hydrogen-bond donors (Lipinski definition) is 2. The van der Waals surface area contributed by atoms with E-state index >= 15 is 0 Å². The van der Waals surface area contributed by atoms with Gasteiger partial charge < -0.3 is 20.0 Å². The molecule has 98 valence electrons. The number of fused-ring (bicyclic) bond motifs is 1. The van der Waals surface area contributed by atoms with Crippen LogP contribution in [0.3, 0.4) is 0 Å². The van der Waals surface area contributed by atoms with Crippen LogP contribution < -0.4 is 4.90 Å². The maximum absolute atomic E-state index is 9.80. The average molecular weight is 250 g/mol. The third kappa shape index (κ3) is 2.63. The van der Waals surface area contributed by atoms with Crippen LogP contribution in [0.4, 0.5) is 5.69 Å². The van der Waals surface area contributed by atoms with E-state index in [0.29, 0.717) is 25.3 Å². The lowest BCUT2D eigenvalue weighted by atomic mass is 9.99. The molecule has 1 heterocycles. The fourth-order valence-electron chi connectivity index (χ4n) is 2.28. The fourth-order valence-corrected chi connectivity index (χ4v) is 2.28. The molecule has 1 aromatic carbocycles. The van der Waals surface area contributed by atoms with Crippen LogP contribution in [0.25, 0.3) is 0 Å². The monoisotopic (exact) mass is 250 g/mol. The van der Waals surface area contributed by atoms with Gasteiger partial charge in [-0.2, -0.15) is 0 Å². The molecule has 0 saturated heterocycles. The molecule has 1 aliphatic heterocycles. The van der Waals surface area contributed by atoms with Crippen molar-refractivity contribution in [1.82, 2.24) is 0 Å². The van der Waals surface area contributed by atoms with Gasteiger partial charge in [0.1, 0.15) is 0 Å². The van der Waals surface area contributed by atoms with Crippen molar-refractivity contribution in [3.8, 4) is 0 Å². The van der Waals surface area contributed by atoms with E-state index in [9.17, 15) is 5.11 Å². The summed E-state index contributed by atoms with van der Waals surface area (Å²) in [6, 6.07) is 7.76. The first-order chi connectivity index (χ1) is 8.76. The van der Waals surface area contributed by atoms with Crippen LogP contribution in [0.2, 0.25) is 0 Å². The van der Waals surface area contributed by atoms with Gasteiger partial charge in [-0.25, -0.2) is 0 Å². The van der Waals surface area contributed by atoms with E-state index in [1.54, 1.807) is 7.11 Å². The highest BCUT2D eigenvalue weighted by molar-refractivity contribution is 6.06. The molecule has 0 amide bonds. The van der Waals surface area contributed by atoms with E-state index in [1.807, 2.05) is 24.3 Å². The third-order valence-corrected chi connectivity index (χ3v) is 3.09.